The van der Waals surface area contributed by atoms with Crippen molar-refractivity contribution in [3.63, 3.8) is 0 Å². The molecule has 0 aromatic carbocycles. The molecule has 4 heteroatoms. The Morgan fingerprint density at radius 3 is 2.72 bits per heavy atom. The van der Waals surface area contributed by atoms with E-state index < -0.39 is 11.6 Å². The topological polar surface area (TPSA) is 66.8 Å². The summed E-state index contributed by atoms with van der Waals surface area (Å²) >= 11 is 0. The summed E-state index contributed by atoms with van der Waals surface area (Å²) in [5.74, 6) is -0.627. The van der Waals surface area contributed by atoms with Crippen LogP contribution in [0.1, 0.15) is 106 Å². The van der Waals surface area contributed by atoms with Crippen LogP contribution < -0.4 is 0 Å². The number of carbonyl (C=O) groups is 1. The predicted molar refractivity (Wildman–Crippen MR) is 132 cm³/mol. The van der Waals surface area contributed by atoms with Gasteiger partial charge in [-0.3, -0.25) is 4.79 Å². The molecule has 1 aliphatic carbocycles. The molecule has 1 saturated heterocycles. The van der Waals surface area contributed by atoms with Crippen molar-refractivity contribution in [1.82, 2.24) is 0 Å². The van der Waals surface area contributed by atoms with Crippen LogP contribution in [-0.4, -0.2) is 33.5 Å². The van der Waals surface area contributed by atoms with Gasteiger partial charge in [0.25, 0.3) is 0 Å². The fourth-order valence-electron chi connectivity index (χ4n) is 4.92. The quantitative estimate of drug-likeness (QED) is 0.317. The normalized spacial score (nSPS) is 28.9. The largest absolute Gasteiger partial charge is 0.481 e. The first-order valence-electron chi connectivity index (χ1n) is 12.6. The molecule has 2 aliphatic rings. The summed E-state index contributed by atoms with van der Waals surface area (Å²) in [7, 11) is 0. The van der Waals surface area contributed by atoms with Gasteiger partial charge in [-0.1, -0.05) is 43.2 Å². The van der Waals surface area contributed by atoms with E-state index in [2.05, 4.69) is 45.9 Å². The van der Waals surface area contributed by atoms with Gasteiger partial charge in [-0.25, -0.2) is 0 Å². The Morgan fingerprint density at radius 2 is 2.03 bits per heavy atom. The molecule has 0 amide bonds. The van der Waals surface area contributed by atoms with Crippen LogP contribution in [0.15, 0.2) is 34.9 Å². The Balaban J connectivity index is 1.70. The van der Waals surface area contributed by atoms with E-state index in [4.69, 9.17) is 9.84 Å². The number of ether oxygens (including phenoxy) is 1. The van der Waals surface area contributed by atoms with Gasteiger partial charge in [0.15, 0.2) is 0 Å². The summed E-state index contributed by atoms with van der Waals surface area (Å²) in [5.41, 5.74) is 3.48. The number of hydrogen-bond acceptors (Lipinski definition) is 3. The number of hydrogen-bond donors (Lipinski definition) is 2. The minimum atomic E-state index is -0.755. The molecule has 0 radical (unpaired) electrons. The number of rotatable bonds is 12. The van der Waals surface area contributed by atoms with Gasteiger partial charge in [0.1, 0.15) is 0 Å². The van der Waals surface area contributed by atoms with Gasteiger partial charge in [0.05, 0.1) is 23.2 Å². The van der Waals surface area contributed by atoms with Crippen LogP contribution in [0.2, 0.25) is 0 Å². The third kappa shape index (κ3) is 8.19. The molecule has 2 rings (SSSR count). The maximum absolute atomic E-state index is 10.9. The summed E-state index contributed by atoms with van der Waals surface area (Å²) in [4.78, 5) is 10.9. The van der Waals surface area contributed by atoms with Gasteiger partial charge >= 0.3 is 5.97 Å². The Bertz CT molecular complexity index is 730. The highest BCUT2D eigenvalue weighted by atomic mass is 16.5. The number of carboxylic acid groups (broad SMARTS) is 1. The summed E-state index contributed by atoms with van der Waals surface area (Å²) < 4.78 is 6.63. The van der Waals surface area contributed by atoms with E-state index in [9.17, 15) is 9.90 Å². The van der Waals surface area contributed by atoms with E-state index in [0.717, 1.165) is 51.4 Å². The second kappa shape index (κ2) is 11.7. The molecular weight excluding hydrogens is 400 g/mol. The maximum atomic E-state index is 10.9. The SMILES string of the molecule is CC(=CCCC1(C)CCC2=CC=C(C)C(C)C2O1)CCCC(C)(O)CCCC(C)C(=O)O. The molecule has 4 nitrogen and oxygen atoms in total. The van der Waals surface area contributed by atoms with Crippen molar-refractivity contribution in [1.29, 1.82) is 0 Å². The lowest BCUT2D eigenvalue weighted by atomic mass is 9.78. The molecule has 0 aromatic rings. The second-order valence-electron chi connectivity index (χ2n) is 11.0. The molecule has 0 bridgehead atoms. The van der Waals surface area contributed by atoms with Crippen LogP contribution in [0.5, 0.6) is 0 Å². The monoisotopic (exact) mass is 446 g/mol. The van der Waals surface area contributed by atoms with Gasteiger partial charge in [-0.05, 0) is 97.5 Å². The molecule has 0 aromatic heterocycles. The molecule has 5 unspecified atom stereocenters. The molecule has 1 aliphatic heterocycles. The highest BCUT2D eigenvalue weighted by Gasteiger charge is 2.38. The van der Waals surface area contributed by atoms with E-state index in [0.29, 0.717) is 18.8 Å². The second-order valence-corrected chi connectivity index (χ2v) is 11.0. The van der Waals surface area contributed by atoms with Crippen LogP contribution in [-0.2, 0) is 9.53 Å². The van der Waals surface area contributed by atoms with Crippen molar-refractivity contribution in [2.45, 2.75) is 123 Å². The fraction of sp³-hybridized carbons (Fsp3) is 0.750. The highest BCUT2D eigenvalue weighted by molar-refractivity contribution is 5.69. The molecule has 0 spiro atoms. The zero-order valence-electron chi connectivity index (χ0n) is 21.2. The van der Waals surface area contributed by atoms with Gasteiger partial charge in [-0.2, -0.15) is 0 Å². The average Bonchev–Trinajstić information content (AvgIpc) is 2.70. The summed E-state index contributed by atoms with van der Waals surface area (Å²) in [5, 5.41) is 19.6. The molecule has 32 heavy (non-hydrogen) atoms. The van der Waals surface area contributed by atoms with E-state index in [1.165, 1.54) is 16.7 Å². The Kier molecular flexibility index (Phi) is 9.78. The van der Waals surface area contributed by atoms with Crippen LogP contribution in [0.25, 0.3) is 0 Å². The minimum absolute atomic E-state index is 0.0541. The zero-order valence-corrected chi connectivity index (χ0v) is 21.2. The van der Waals surface area contributed by atoms with Crippen LogP contribution in [0.4, 0.5) is 0 Å². The first kappa shape index (κ1) is 26.9. The number of carboxylic acids is 1. The number of aliphatic hydroxyl groups is 1. The van der Waals surface area contributed by atoms with Crippen molar-refractivity contribution in [3.8, 4) is 0 Å². The maximum Gasteiger partial charge on any atom is 0.306 e. The first-order valence-corrected chi connectivity index (χ1v) is 12.6. The minimum Gasteiger partial charge on any atom is -0.481 e. The van der Waals surface area contributed by atoms with Crippen molar-refractivity contribution in [3.05, 3.63) is 34.9 Å². The number of aliphatic carboxylic acids is 1. The summed E-state index contributed by atoms with van der Waals surface area (Å²) in [6.45, 7) is 12.5. The first-order chi connectivity index (χ1) is 14.9. The van der Waals surface area contributed by atoms with Gasteiger partial charge < -0.3 is 14.9 Å². The Morgan fingerprint density at radius 1 is 1.34 bits per heavy atom. The van der Waals surface area contributed by atoms with Crippen molar-refractivity contribution >= 4 is 5.97 Å². The van der Waals surface area contributed by atoms with Gasteiger partial charge in [0, 0.05) is 5.92 Å². The predicted octanol–water partition coefficient (Wildman–Crippen LogP) is 6.99. The summed E-state index contributed by atoms with van der Waals surface area (Å²) in [6, 6.07) is 0. The molecule has 2 N–H and O–H groups in total. The smallest absolute Gasteiger partial charge is 0.306 e. The Labute approximate surface area is 195 Å². The van der Waals surface area contributed by atoms with Crippen molar-refractivity contribution < 1.29 is 19.7 Å². The van der Waals surface area contributed by atoms with Crippen LogP contribution in [0.3, 0.4) is 0 Å². The molecule has 1 fully saturated rings. The van der Waals surface area contributed by atoms with Crippen molar-refractivity contribution in [2.75, 3.05) is 0 Å². The van der Waals surface area contributed by atoms with E-state index in [1.807, 2.05) is 6.92 Å². The fourth-order valence-corrected chi connectivity index (χ4v) is 4.92. The molecule has 5 atom stereocenters. The highest BCUT2D eigenvalue weighted by Crippen LogP contribution is 2.41. The summed E-state index contributed by atoms with van der Waals surface area (Å²) in [6.07, 6.45) is 16.1. The molecule has 182 valence electrons. The Hall–Kier alpha value is -1.39. The lowest BCUT2D eigenvalue weighted by Crippen LogP contribution is -2.43. The van der Waals surface area contributed by atoms with E-state index in [1.54, 1.807) is 6.92 Å². The number of allylic oxidation sites excluding steroid dienone is 4. The lowest BCUT2D eigenvalue weighted by Gasteiger charge is -2.44. The van der Waals surface area contributed by atoms with E-state index in [-0.39, 0.29) is 17.6 Å². The standard InChI is InChI=1S/C28H46O4/c1-20(10-7-16-27(5,31)17-9-12-22(3)26(29)30)11-8-18-28(6)19-15-24-14-13-21(2)23(4)25(24)32-28/h11,13-14,22-23,25,31H,7-10,12,15-19H2,1-6H3,(H,29,30). The molecule has 1 heterocycles. The third-order valence-electron chi connectivity index (χ3n) is 7.68. The van der Waals surface area contributed by atoms with Crippen LogP contribution in [0, 0.1) is 11.8 Å². The lowest BCUT2D eigenvalue weighted by molar-refractivity contribution is -0.141. The van der Waals surface area contributed by atoms with E-state index >= 15 is 0 Å². The van der Waals surface area contributed by atoms with Crippen molar-refractivity contribution in [2.24, 2.45) is 11.8 Å². The molecular formula is C28H46O4. The van der Waals surface area contributed by atoms with Crippen LogP contribution >= 0.6 is 0 Å². The van der Waals surface area contributed by atoms with Gasteiger partial charge in [-0.15, -0.1) is 0 Å². The zero-order chi connectivity index (χ0) is 23.9. The third-order valence-corrected chi connectivity index (χ3v) is 7.68. The average molecular weight is 447 g/mol. The number of fused-ring (bicyclic) bond motifs is 1. The van der Waals surface area contributed by atoms with Gasteiger partial charge in [0.2, 0.25) is 0 Å². The molecule has 0 saturated carbocycles.